The summed E-state index contributed by atoms with van der Waals surface area (Å²) < 4.78 is 41.2. The lowest BCUT2D eigenvalue weighted by Crippen LogP contribution is -2.15. The Balaban J connectivity index is 1.92. The lowest BCUT2D eigenvalue weighted by molar-refractivity contribution is 0.587. The van der Waals surface area contributed by atoms with Crippen molar-refractivity contribution in [3.05, 3.63) is 84.4 Å². The number of hydrogen-bond donors (Lipinski definition) is 0. The van der Waals surface area contributed by atoms with E-state index in [0.717, 1.165) is 5.56 Å². The normalized spacial score (nSPS) is 11.8. The number of hydrogen-bond acceptors (Lipinski definition) is 3. The molecule has 0 radical (unpaired) electrons. The van der Waals surface area contributed by atoms with E-state index in [1.54, 1.807) is 48.7 Å². The predicted molar refractivity (Wildman–Crippen MR) is 104 cm³/mol. The van der Waals surface area contributed by atoms with Crippen LogP contribution in [-0.2, 0) is 16.4 Å². The highest BCUT2D eigenvalue weighted by Crippen LogP contribution is 2.28. The number of fused-ring (bicyclic) bond motifs is 1. The summed E-state index contributed by atoms with van der Waals surface area (Å²) in [7, 11) is -3.76. The average Bonchev–Trinajstić information content (AvgIpc) is 3.07. The van der Waals surface area contributed by atoms with Gasteiger partial charge in [0.05, 0.1) is 4.90 Å². The second kappa shape index (κ2) is 6.63. The van der Waals surface area contributed by atoms with E-state index in [2.05, 4.69) is 4.98 Å². The molecule has 0 N–H and O–H groups in total. The fourth-order valence-electron chi connectivity index (χ4n) is 3.16. The van der Waals surface area contributed by atoms with E-state index in [1.807, 2.05) is 19.1 Å². The van der Waals surface area contributed by atoms with Crippen LogP contribution in [0.5, 0.6) is 0 Å². The van der Waals surface area contributed by atoms with Gasteiger partial charge in [0.1, 0.15) is 5.82 Å². The van der Waals surface area contributed by atoms with Gasteiger partial charge in [-0.05, 0) is 48.4 Å². The standard InChI is InChI=1S/C21H17FN2O2S/c1-2-19-13-16-11-17(15-7-6-8-18(22)12-15)14-23-21(16)24(19)27(25,26)20-9-4-3-5-10-20/h3-14H,2H2,1H3. The molecule has 27 heavy (non-hydrogen) atoms. The second-order valence-electron chi connectivity index (χ2n) is 6.22. The van der Waals surface area contributed by atoms with Crippen LogP contribution in [0.2, 0.25) is 0 Å². The zero-order valence-corrected chi connectivity index (χ0v) is 15.4. The Morgan fingerprint density at radius 1 is 0.963 bits per heavy atom. The first-order valence-electron chi connectivity index (χ1n) is 8.57. The Kier molecular flexibility index (Phi) is 4.28. The van der Waals surface area contributed by atoms with Crippen molar-refractivity contribution in [1.29, 1.82) is 0 Å². The van der Waals surface area contributed by atoms with Crippen LogP contribution < -0.4 is 0 Å². The van der Waals surface area contributed by atoms with Crippen molar-refractivity contribution in [3.63, 3.8) is 0 Å². The van der Waals surface area contributed by atoms with E-state index >= 15 is 0 Å². The summed E-state index contributed by atoms with van der Waals surface area (Å²) in [6.07, 6.45) is 2.12. The van der Waals surface area contributed by atoms with E-state index in [1.165, 1.54) is 16.1 Å². The number of halogens is 1. The van der Waals surface area contributed by atoms with Crippen LogP contribution in [0.4, 0.5) is 4.39 Å². The monoisotopic (exact) mass is 380 g/mol. The van der Waals surface area contributed by atoms with Crippen molar-refractivity contribution in [2.75, 3.05) is 0 Å². The van der Waals surface area contributed by atoms with Gasteiger partial charge in [0.25, 0.3) is 10.0 Å². The first-order valence-corrected chi connectivity index (χ1v) is 10.0. The lowest BCUT2D eigenvalue weighted by atomic mass is 10.1. The molecule has 2 aromatic heterocycles. The molecule has 0 saturated carbocycles. The molecule has 0 saturated heterocycles. The molecule has 0 aliphatic rings. The van der Waals surface area contributed by atoms with Gasteiger partial charge in [-0.25, -0.2) is 21.8 Å². The van der Waals surface area contributed by atoms with Gasteiger partial charge in [0.2, 0.25) is 0 Å². The molecular weight excluding hydrogens is 363 g/mol. The van der Waals surface area contributed by atoms with Gasteiger partial charge in [-0.2, -0.15) is 0 Å². The smallest absolute Gasteiger partial charge is 0.237 e. The van der Waals surface area contributed by atoms with Crippen LogP contribution in [-0.4, -0.2) is 17.4 Å². The summed E-state index contributed by atoms with van der Waals surface area (Å²) in [5.74, 6) is -0.328. The highest BCUT2D eigenvalue weighted by Gasteiger charge is 2.23. The Bertz CT molecular complexity index is 1230. The number of rotatable bonds is 4. The molecule has 2 aromatic carbocycles. The van der Waals surface area contributed by atoms with Crippen LogP contribution in [0.3, 0.4) is 0 Å². The molecule has 4 rings (SSSR count). The minimum atomic E-state index is -3.76. The topological polar surface area (TPSA) is 52.0 Å². The third kappa shape index (κ3) is 3.02. The summed E-state index contributed by atoms with van der Waals surface area (Å²) in [4.78, 5) is 4.62. The summed E-state index contributed by atoms with van der Waals surface area (Å²) in [5, 5.41) is 0.702. The van der Waals surface area contributed by atoms with E-state index in [9.17, 15) is 12.8 Å². The largest absolute Gasteiger partial charge is 0.269 e. The Hall–Kier alpha value is -2.99. The first-order chi connectivity index (χ1) is 13.0. The molecule has 2 heterocycles. The molecule has 136 valence electrons. The van der Waals surface area contributed by atoms with E-state index in [-0.39, 0.29) is 10.7 Å². The van der Waals surface area contributed by atoms with Gasteiger partial charge in [0.15, 0.2) is 5.65 Å². The third-order valence-corrected chi connectivity index (χ3v) is 6.23. The van der Waals surface area contributed by atoms with Crippen molar-refractivity contribution >= 4 is 21.1 Å². The van der Waals surface area contributed by atoms with Crippen molar-refractivity contribution in [1.82, 2.24) is 8.96 Å². The summed E-state index contributed by atoms with van der Waals surface area (Å²) in [6.45, 7) is 1.90. The Morgan fingerprint density at radius 3 is 2.44 bits per heavy atom. The minimum absolute atomic E-state index is 0.216. The van der Waals surface area contributed by atoms with Crippen molar-refractivity contribution in [3.8, 4) is 11.1 Å². The first kappa shape index (κ1) is 17.4. The summed E-state index contributed by atoms with van der Waals surface area (Å²) in [6, 6.07) is 18.2. The summed E-state index contributed by atoms with van der Waals surface area (Å²) >= 11 is 0. The maximum Gasteiger partial charge on any atom is 0.269 e. The van der Waals surface area contributed by atoms with Crippen molar-refractivity contribution < 1.29 is 12.8 Å². The molecule has 0 amide bonds. The Morgan fingerprint density at radius 2 is 1.74 bits per heavy atom. The quantitative estimate of drug-likeness (QED) is 0.518. The van der Waals surface area contributed by atoms with E-state index in [0.29, 0.717) is 28.7 Å². The molecule has 0 unspecified atom stereocenters. The molecule has 0 aliphatic carbocycles. The number of aryl methyl sites for hydroxylation is 1. The highest BCUT2D eigenvalue weighted by atomic mass is 32.2. The zero-order valence-electron chi connectivity index (χ0n) is 14.6. The molecule has 0 fully saturated rings. The molecule has 4 nitrogen and oxygen atoms in total. The maximum atomic E-state index is 13.5. The molecule has 0 spiro atoms. The third-order valence-electron chi connectivity index (χ3n) is 4.47. The number of aromatic nitrogens is 2. The van der Waals surface area contributed by atoms with E-state index in [4.69, 9.17) is 0 Å². The van der Waals surface area contributed by atoms with Crippen molar-refractivity contribution in [2.24, 2.45) is 0 Å². The van der Waals surface area contributed by atoms with Gasteiger partial charge in [-0.1, -0.05) is 37.3 Å². The number of nitrogens with zero attached hydrogens (tertiary/aromatic N) is 2. The van der Waals surface area contributed by atoms with Crippen LogP contribution in [0, 0.1) is 5.82 Å². The molecule has 6 heteroatoms. The maximum absolute atomic E-state index is 13.5. The van der Waals surface area contributed by atoms with Crippen LogP contribution in [0.15, 0.2) is 77.8 Å². The van der Waals surface area contributed by atoms with Crippen LogP contribution in [0.1, 0.15) is 12.6 Å². The highest BCUT2D eigenvalue weighted by molar-refractivity contribution is 7.90. The van der Waals surface area contributed by atoms with Crippen LogP contribution >= 0.6 is 0 Å². The predicted octanol–water partition coefficient (Wildman–Crippen LogP) is 4.64. The van der Waals surface area contributed by atoms with Gasteiger partial charge < -0.3 is 0 Å². The SMILES string of the molecule is CCc1cc2cc(-c3cccc(F)c3)cnc2n1S(=O)(=O)c1ccccc1. The second-order valence-corrected chi connectivity index (χ2v) is 8.01. The Labute approximate surface area is 157 Å². The number of pyridine rings is 1. The molecule has 4 aromatic rings. The van der Waals surface area contributed by atoms with E-state index < -0.39 is 10.0 Å². The molecule has 0 bridgehead atoms. The minimum Gasteiger partial charge on any atom is -0.237 e. The van der Waals surface area contributed by atoms with Crippen LogP contribution in [0.25, 0.3) is 22.2 Å². The zero-order chi connectivity index (χ0) is 19.0. The van der Waals surface area contributed by atoms with Gasteiger partial charge in [-0.3, -0.25) is 0 Å². The molecular formula is C21H17FN2O2S. The fraction of sp³-hybridized carbons (Fsp3) is 0.0952. The van der Waals surface area contributed by atoms with Crippen molar-refractivity contribution in [2.45, 2.75) is 18.2 Å². The fourth-order valence-corrected chi connectivity index (χ4v) is 4.74. The molecule has 0 atom stereocenters. The van der Waals surface area contributed by atoms with Gasteiger partial charge >= 0.3 is 0 Å². The average molecular weight is 380 g/mol. The van der Waals surface area contributed by atoms with Gasteiger partial charge in [-0.15, -0.1) is 0 Å². The lowest BCUT2D eigenvalue weighted by Gasteiger charge is -2.10. The van der Waals surface area contributed by atoms with Gasteiger partial charge in [0, 0.05) is 22.8 Å². The molecule has 0 aliphatic heterocycles. The summed E-state index contributed by atoms with van der Waals surface area (Å²) in [5.41, 5.74) is 2.45. The number of benzene rings is 2.